The molecule has 3 rings (SSSR count). The van der Waals surface area contributed by atoms with Gasteiger partial charge in [-0.05, 0) is 36.8 Å². The van der Waals surface area contributed by atoms with E-state index in [9.17, 15) is 4.79 Å². The van der Waals surface area contributed by atoms with Crippen LogP contribution in [0.3, 0.4) is 0 Å². The van der Waals surface area contributed by atoms with E-state index >= 15 is 0 Å². The summed E-state index contributed by atoms with van der Waals surface area (Å²) in [5.41, 5.74) is 3.48. The molecule has 25 heavy (non-hydrogen) atoms. The molecule has 6 heteroatoms. The molecule has 2 aromatic carbocycles. The van der Waals surface area contributed by atoms with Crippen molar-refractivity contribution in [1.29, 1.82) is 0 Å². The van der Waals surface area contributed by atoms with Gasteiger partial charge in [0.25, 0.3) is 0 Å². The van der Waals surface area contributed by atoms with Gasteiger partial charge in [0.15, 0.2) is 0 Å². The molecule has 0 saturated carbocycles. The number of hydrogen-bond donors (Lipinski definition) is 1. The van der Waals surface area contributed by atoms with Gasteiger partial charge in [0.1, 0.15) is 5.03 Å². The molecule has 0 aliphatic heterocycles. The summed E-state index contributed by atoms with van der Waals surface area (Å²) in [6, 6.07) is 19.1. The lowest BCUT2D eigenvalue weighted by Crippen LogP contribution is -2.14. The van der Waals surface area contributed by atoms with Gasteiger partial charge in [0.2, 0.25) is 5.91 Å². The van der Waals surface area contributed by atoms with Crippen molar-refractivity contribution in [2.45, 2.75) is 11.9 Å². The summed E-state index contributed by atoms with van der Waals surface area (Å²) in [6.07, 6.45) is 0. The summed E-state index contributed by atoms with van der Waals surface area (Å²) >= 11 is 7.40. The van der Waals surface area contributed by atoms with E-state index in [1.807, 2.05) is 61.5 Å². The minimum Gasteiger partial charge on any atom is -0.325 e. The van der Waals surface area contributed by atoms with Crippen molar-refractivity contribution in [1.82, 2.24) is 10.2 Å². The molecule has 0 aliphatic carbocycles. The number of carbonyl (C=O) groups is 1. The Morgan fingerprint density at radius 2 is 1.88 bits per heavy atom. The van der Waals surface area contributed by atoms with Crippen molar-refractivity contribution in [3.05, 3.63) is 71.2 Å². The lowest BCUT2D eigenvalue weighted by Gasteiger charge is -2.06. The summed E-state index contributed by atoms with van der Waals surface area (Å²) in [5.74, 6) is 0.143. The van der Waals surface area contributed by atoms with Gasteiger partial charge in [0, 0.05) is 16.3 Å². The minimum absolute atomic E-state index is 0.112. The maximum Gasteiger partial charge on any atom is 0.234 e. The highest BCUT2D eigenvalue weighted by Gasteiger charge is 2.07. The molecule has 1 heterocycles. The average Bonchev–Trinajstić information content (AvgIpc) is 2.64. The second-order valence-corrected chi connectivity index (χ2v) is 6.83. The van der Waals surface area contributed by atoms with Crippen molar-refractivity contribution in [2.75, 3.05) is 11.1 Å². The Morgan fingerprint density at radius 1 is 1.08 bits per heavy atom. The first-order chi connectivity index (χ1) is 12.1. The smallest absolute Gasteiger partial charge is 0.234 e. The standard InChI is InChI=1S/C19H16ClN3OS/c1-13-7-8-15(11-16(13)20)21-18(24)12-25-19-10-9-17(22-23-19)14-5-3-2-4-6-14/h2-11H,12H2,1H3,(H,21,24). The van der Waals surface area contributed by atoms with E-state index in [1.54, 1.807) is 6.07 Å². The Hall–Kier alpha value is -2.37. The summed E-state index contributed by atoms with van der Waals surface area (Å²) < 4.78 is 0. The lowest BCUT2D eigenvalue weighted by atomic mass is 10.1. The minimum atomic E-state index is -0.112. The zero-order chi connectivity index (χ0) is 17.6. The molecule has 1 amide bonds. The third-order valence-electron chi connectivity index (χ3n) is 3.52. The van der Waals surface area contributed by atoms with E-state index in [1.165, 1.54) is 11.8 Å². The molecular weight excluding hydrogens is 354 g/mol. The van der Waals surface area contributed by atoms with Crippen LogP contribution in [0.25, 0.3) is 11.3 Å². The summed E-state index contributed by atoms with van der Waals surface area (Å²) in [6.45, 7) is 1.92. The van der Waals surface area contributed by atoms with Crippen molar-refractivity contribution >= 4 is 35.0 Å². The maximum absolute atomic E-state index is 12.0. The first kappa shape index (κ1) is 17.5. The molecule has 126 valence electrons. The zero-order valence-electron chi connectivity index (χ0n) is 13.6. The van der Waals surface area contributed by atoms with Gasteiger partial charge in [0.05, 0.1) is 11.4 Å². The Balaban J connectivity index is 1.56. The van der Waals surface area contributed by atoms with Gasteiger partial charge in [-0.25, -0.2) is 0 Å². The van der Waals surface area contributed by atoms with Gasteiger partial charge in [-0.3, -0.25) is 4.79 Å². The van der Waals surface area contributed by atoms with Crippen LogP contribution in [0.5, 0.6) is 0 Å². The number of hydrogen-bond acceptors (Lipinski definition) is 4. The van der Waals surface area contributed by atoms with Crippen molar-refractivity contribution in [2.24, 2.45) is 0 Å². The quantitative estimate of drug-likeness (QED) is 0.654. The van der Waals surface area contributed by atoms with Gasteiger partial charge in [-0.15, -0.1) is 10.2 Å². The fraction of sp³-hybridized carbons (Fsp3) is 0.105. The van der Waals surface area contributed by atoms with Gasteiger partial charge in [-0.1, -0.05) is 59.8 Å². The zero-order valence-corrected chi connectivity index (χ0v) is 15.1. The monoisotopic (exact) mass is 369 g/mol. The number of benzene rings is 2. The maximum atomic E-state index is 12.0. The third kappa shape index (κ3) is 4.81. The van der Waals surface area contributed by atoms with Crippen LogP contribution in [0.15, 0.2) is 65.7 Å². The van der Waals surface area contributed by atoms with Crippen molar-refractivity contribution in [3.8, 4) is 11.3 Å². The highest BCUT2D eigenvalue weighted by Crippen LogP contribution is 2.22. The number of amides is 1. The normalized spacial score (nSPS) is 10.5. The van der Waals surface area contributed by atoms with Crippen LogP contribution in [-0.4, -0.2) is 21.9 Å². The molecule has 4 nitrogen and oxygen atoms in total. The Labute approximate surface area is 155 Å². The van der Waals surface area contributed by atoms with Crippen LogP contribution in [0.4, 0.5) is 5.69 Å². The second kappa shape index (κ2) is 8.14. The third-order valence-corrected chi connectivity index (χ3v) is 4.84. The number of halogens is 1. The van der Waals surface area contributed by atoms with Crippen LogP contribution in [0.1, 0.15) is 5.56 Å². The fourth-order valence-corrected chi connectivity index (χ4v) is 2.96. The molecule has 0 saturated heterocycles. The molecule has 0 radical (unpaired) electrons. The molecule has 0 aliphatic rings. The fourth-order valence-electron chi connectivity index (χ4n) is 2.17. The highest BCUT2D eigenvalue weighted by atomic mass is 35.5. The van der Waals surface area contributed by atoms with E-state index in [2.05, 4.69) is 15.5 Å². The number of carbonyl (C=O) groups excluding carboxylic acids is 1. The number of aryl methyl sites for hydroxylation is 1. The number of anilines is 1. The molecule has 0 spiro atoms. The van der Waals surface area contributed by atoms with Crippen LogP contribution < -0.4 is 5.32 Å². The van der Waals surface area contributed by atoms with Crippen LogP contribution in [-0.2, 0) is 4.79 Å². The summed E-state index contributed by atoms with van der Waals surface area (Å²) in [4.78, 5) is 12.0. The van der Waals surface area contributed by atoms with E-state index in [0.717, 1.165) is 16.8 Å². The topological polar surface area (TPSA) is 54.9 Å². The Morgan fingerprint density at radius 3 is 2.56 bits per heavy atom. The molecule has 0 atom stereocenters. The van der Waals surface area contributed by atoms with Crippen molar-refractivity contribution < 1.29 is 4.79 Å². The summed E-state index contributed by atoms with van der Waals surface area (Å²) in [7, 11) is 0. The van der Waals surface area contributed by atoms with Gasteiger partial charge >= 0.3 is 0 Å². The molecule has 1 N–H and O–H groups in total. The average molecular weight is 370 g/mol. The highest BCUT2D eigenvalue weighted by molar-refractivity contribution is 7.99. The van der Waals surface area contributed by atoms with Gasteiger partial charge in [-0.2, -0.15) is 0 Å². The Bertz CT molecular complexity index is 870. The molecule has 1 aromatic heterocycles. The largest absolute Gasteiger partial charge is 0.325 e. The van der Waals surface area contributed by atoms with Crippen LogP contribution >= 0.6 is 23.4 Å². The predicted octanol–water partition coefficient (Wildman–Crippen LogP) is 4.84. The molecular formula is C19H16ClN3OS. The van der Waals surface area contributed by atoms with Crippen LogP contribution in [0.2, 0.25) is 5.02 Å². The Kier molecular flexibility index (Phi) is 5.68. The van der Waals surface area contributed by atoms with E-state index in [4.69, 9.17) is 11.6 Å². The van der Waals surface area contributed by atoms with E-state index in [0.29, 0.717) is 15.7 Å². The molecule has 3 aromatic rings. The lowest BCUT2D eigenvalue weighted by molar-refractivity contribution is -0.113. The second-order valence-electron chi connectivity index (χ2n) is 5.42. The van der Waals surface area contributed by atoms with Crippen molar-refractivity contribution in [3.63, 3.8) is 0 Å². The number of nitrogens with zero attached hydrogens (tertiary/aromatic N) is 2. The van der Waals surface area contributed by atoms with E-state index < -0.39 is 0 Å². The molecule has 0 unspecified atom stereocenters. The first-order valence-corrected chi connectivity index (χ1v) is 9.06. The predicted molar refractivity (Wildman–Crippen MR) is 103 cm³/mol. The first-order valence-electron chi connectivity index (χ1n) is 7.70. The summed E-state index contributed by atoms with van der Waals surface area (Å²) in [5, 5.41) is 12.5. The van der Waals surface area contributed by atoms with Crippen LogP contribution in [0, 0.1) is 6.92 Å². The number of nitrogens with one attached hydrogen (secondary N) is 1. The number of rotatable bonds is 5. The number of thioether (sulfide) groups is 1. The number of aromatic nitrogens is 2. The van der Waals surface area contributed by atoms with Gasteiger partial charge < -0.3 is 5.32 Å². The molecule has 0 fully saturated rings. The molecule has 0 bridgehead atoms. The SMILES string of the molecule is Cc1ccc(NC(=O)CSc2ccc(-c3ccccc3)nn2)cc1Cl. The van der Waals surface area contributed by atoms with E-state index in [-0.39, 0.29) is 11.7 Å².